The summed E-state index contributed by atoms with van der Waals surface area (Å²) >= 11 is 2.65. The monoisotopic (exact) mass is 348 g/mol. The number of hydrogen-bond donors (Lipinski definition) is 1. The maximum Gasteiger partial charge on any atom is 0.262 e. The summed E-state index contributed by atoms with van der Waals surface area (Å²) in [6.45, 7) is 1.51. The molecule has 1 N–H and O–H groups in total. The number of fused-ring (bicyclic) bond motifs is 1. The molecule has 0 saturated carbocycles. The van der Waals surface area contributed by atoms with E-state index in [-0.39, 0.29) is 0 Å². The Morgan fingerprint density at radius 1 is 1.22 bits per heavy atom. The van der Waals surface area contributed by atoms with E-state index in [0.717, 1.165) is 4.90 Å². The molecule has 23 heavy (non-hydrogen) atoms. The second-order valence-corrected chi connectivity index (χ2v) is 6.80. The van der Waals surface area contributed by atoms with Gasteiger partial charge in [-0.1, -0.05) is 35.2 Å². The molecular weight excluding hydrogens is 336 g/mol. The van der Waals surface area contributed by atoms with Gasteiger partial charge in [-0.15, -0.1) is 10.2 Å². The van der Waals surface area contributed by atoms with Gasteiger partial charge in [0.2, 0.25) is 11.0 Å². The van der Waals surface area contributed by atoms with Crippen molar-refractivity contribution >= 4 is 46.0 Å². The third-order valence-electron chi connectivity index (χ3n) is 3.40. The van der Waals surface area contributed by atoms with Crippen molar-refractivity contribution in [2.24, 2.45) is 0 Å². The highest BCUT2D eigenvalue weighted by molar-refractivity contribution is 8.00. The Morgan fingerprint density at radius 2 is 1.83 bits per heavy atom. The van der Waals surface area contributed by atoms with Crippen molar-refractivity contribution in [1.29, 1.82) is 0 Å². The van der Waals surface area contributed by atoms with Gasteiger partial charge >= 0.3 is 0 Å². The number of hydrogen-bond acceptors (Lipinski definition) is 7. The molecule has 1 aromatic carbocycles. The van der Waals surface area contributed by atoms with E-state index in [2.05, 4.69) is 15.5 Å². The Hall–Kier alpha value is -2.26. The summed E-state index contributed by atoms with van der Waals surface area (Å²) in [7, 11) is 0. The Bertz CT molecular complexity index is 770. The van der Waals surface area contributed by atoms with Crippen LogP contribution >= 0.6 is 23.1 Å². The number of imide groups is 1. The number of nitrogens with zero attached hydrogens (tertiary/aromatic N) is 3. The van der Waals surface area contributed by atoms with Gasteiger partial charge in [-0.05, 0) is 25.3 Å². The van der Waals surface area contributed by atoms with E-state index < -0.39 is 23.8 Å². The normalized spacial score (nSPS) is 14.8. The Balaban J connectivity index is 1.78. The summed E-state index contributed by atoms with van der Waals surface area (Å²) in [6.07, 6.45) is 1.85. The molecule has 0 fully saturated rings. The zero-order valence-corrected chi connectivity index (χ0v) is 13.9. The Labute approximate surface area is 140 Å². The summed E-state index contributed by atoms with van der Waals surface area (Å²) < 4.78 is 0.716. The quantitative estimate of drug-likeness (QED) is 0.515. The van der Waals surface area contributed by atoms with Crippen LogP contribution in [0.3, 0.4) is 0 Å². The predicted molar refractivity (Wildman–Crippen MR) is 86.7 cm³/mol. The summed E-state index contributed by atoms with van der Waals surface area (Å²) in [5.74, 6) is -1.41. The highest BCUT2D eigenvalue weighted by Crippen LogP contribution is 2.26. The predicted octanol–water partition coefficient (Wildman–Crippen LogP) is 1.88. The molecule has 1 unspecified atom stereocenters. The molecule has 0 radical (unpaired) electrons. The summed E-state index contributed by atoms with van der Waals surface area (Å²) in [4.78, 5) is 38.0. The third-order valence-corrected chi connectivity index (χ3v) is 5.22. The number of benzene rings is 1. The first-order valence-electron chi connectivity index (χ1n) is 6.68. The van der Waals surface area contributed by atoms with Crippen molar-refractivity contribution < 1.29 is 14.4 Å². The van der Waals surface area contributed by atoms with Crippen LogP contribution in [0, 0.1) is 0 Å². The molecular formula is C14H12N4O3S2. The standard InChI is InChI=1S/C14H12N4O3S2/c1-7(10(19)15-13-16-17-14(22-2)23-13)18-11(20)8-5-3-4-6-9(8)12(18)21/h3-7H,1-2H3,(H,15,16,19). The van der Waals surface area contributed by atoms with Gasteiger partial charge < -0.3 is 0 Å². The highest BCUT2D eigenvalue weighted by atomic mass is 32.2. The van der Waals surface area contributed by atoms with Crippen molar-refractivity contribution in [3.63, 3.8) is 0 Å². The van der Waals surface area contributed by atoms with Crippen molar-refractivity contribution in [1.82, 2.24) is 15.1 Å². The number of nitrogens with one attached hydrogen (secondary N) is 1. The summed E-state index contributed by atoms with van der Waals surface area (Å²) in [5.41, 5.74) is 0.635. The molecule has 1 atom stereocenters. The van der Waals surface area contributed by atoms with Crippen LogP contribution < -0.4 is 5.32 Å². The second-order valence-electron chi connectivity index (χ2n) is 4.77. The molecule has 118 valence electrons. The van der Waals surface area contributed by atoms with E-state index in [4.69, 9.17) is 0 Å². The number of carbonyl (C=O) groups is 3. The smallest absolute Gasteiger partial charge is 0.262 e. The number of anilines is 1. The summed E-state index contributed by atoms with van der Waals surface area (Å²) in [6, 6.07) is 5.59. The van der Waals surface area contributed by atoms with Gasteiger partial charge in [0.15, 0.2) is 4.34 Å². The molecule has 0 aliphatic carbocycles. The van der Waals surface area contributed by atoms with E-state index in [1.54, 1.807) is 24.3 Å². The molecule has 2 heterocycles. The van der Waals surface area contributed by atoms with Gasteiger partial charge in [-0.25, -0.2) is 0 Å². The van der Waals surface area contributed by atoms with Gasteiger partial charge in [0.05, 0.1) is 11.1 Å². The molecule has 0 spiro atoms. The molecule has 1 aromatic heterocycles. The van der Waals surface area contributed by atoms with Gasteiger partial charge in [0.25, 0.3) is 11.8 Å². The molecule has 1 aliphatic heterocycles. The number of thioether (sulfide) groups is 1. The molecule has 7 nitrogen and oxygen atoms in total. The molecule has 0 saturated heterocycles. The third kappa shape index (κ3) is 2.73. The first kappa shape index (κ1) is 15.6. The maximum absolute atomic E-state index is 12.4. The van der Waals surface area contributed by atoms with Crippen LogP contribution in [0.2, 0.25) is 0 Å². The molecule has 3 rings (SSSR count). The minimum atomic E-state index is -0.941. The number of carbonyl (C=O) groups excluding carboxylic acids is 3. The minimum Gasteiger partial charge on any atom is -0.299 e. The van der Waals surface area contributed by atoms with Gasteiger partial charge in [0, 0.05) is 0 Å². The van der Waals surface area contributed by atoms with Crippen molar-refractivity contribution in [3.8, 4) is 0 Å². The lowest BCUT2D eigenvalue weighted by Gasteiger charge is -2.20. The summed E-state index contributed by atoms with van der Waals surface area (Å²) in [5, 5.41) is 10.6. The van der Waals surface area contributed by atoms with Crippen molar-refractivity contribution in [2.45, 2.75) is 17.3 Å². The largest absolute Gasteiger partial charge is 0.299 e. The zero-order valence-electron chi connectivity index (χ0n) is 12.3. The first-order valence-corrected chi connectivity index (χ1v) is 8.72. The SMILES string of the molecule is CSc1nnc(NC(=O)C(C)N2C(=O)c3ccccc3C2=O)s1. The Morgan fingerprint density at radius 3 is 2.35 bits per heavy atom. The van der Waals surface area contributed by atoms with Crippen LogP contribution in [-0.2, 0) is 4.79 Å². The average molecular weight is 348 g/mol. The highest BCUT2D eigenvalue weighted by Gasteiger charge is 2.40. The zero-order chi connectivity index (χ0) is 16.6. The van der Waals surface area contributed by atoms with Crippen LogP contribution in [0.25, 0.3) is 0 Å². The van der Waals surface area contributed by atoms with Crippen LogP contribution in [-0.4, -0.2) is 45.1 Å². The Kier molecular flexibility index (Phi) is 4.14. The fourth-order valence-corrected chi connectivity index (χ4v) is 3.40. The molecule has 1 aliphatic rings. The van der Waals surface area contributed by atoms with Crippen molar-refractivity contribution in [3.05, 3.63) is 35.4 Å². The number of amides is 3. The van der Waals surface area contributed by atoms with Crippen LogP contribution in [0.4, 0.5) is 5.13 Å². The fourth-order valence-electron chi connectivity index (χ4n) is 2.23. The van der Waals surface area contributed by atoms with Crippen LogP contribution in [0.5, 0.6) is 0 Å². The van der Waals surface area contributed by atoms with E-state index >= 15 is 0 Å². The minimum absolute atomic E-state index is 0.317. The first-order chi connectivity index (χ1) is 11.0. The van der Waals surface area contributed by atoms with Gasteiger partial charge in [-0.2, -0.15) is 0 Å². The molecule has 3 amide bonds. The lowest BCUT2D eigenvalue weighted by molar-refractivity contribution is -0.119. The lowest BCUT2D eigenvalue weighted by Crippen LogP contribution is -2.45. The second kappa shape index (κ2) is 6.09. The molecule has 9 heteroatoms. The number of rotatable bonds is 4. The van der Waals surface area contributed by atoms with E-state index in [1.165, 1.54) is 30.0 Å². The average Bonchev–Trinajstić information content (AvgIpc) is 3.11. The van der Waals surface area contributed by atoms with Crippen LogP contribution in [0.15, 0.2) is 28.6 Å². The van der Waals surface area contributed by atoms with Gasteiger partial charge in [0.1, 0.15) is 6.04 Å². The van der Waals surface area contributed by atoms with Crippen molar-refractivity contribution in [2.75, 3.05) is 11.6 Å². The van der Waals surface area contributed by atoms with E-state index in [9.17, 15) is 14.4 Å². The van der Waals surface area contributed by atoms with E-state index in [0.29, 0.717) is 20.6 Å². The molecule has 0 bridgehead atoms. The molecule has 2 aromatic rings. The maximum atomic E-state index is 12.4. The van der Waals surface area contributed by atoms with Crippen LogP contribution in [0.1, 0.15) is 27.6 Å². The fraction of sp³-hybridized carbons (Fsp3) is 0.214. The lowest BCUT2D eigenvalue weighted by atomic mass is 10.1. The number of aromatic nitrogens is 2. The van der Waals surface area contributed by atoms with E-state index in [1.807, 2.05) is 6.26 Å². The topological polar surface area (TPSA) is 92.3 Å². The van der Waals surface area contributed by atoms with Gasteiger partial charge in [-0.3, -0.25) is 24.6 Å².